The van der Waals surface area contributed by atoms with Gasteiger partial charge in [0.2, 0.25) is 0 Å². The second kappa shape index (κ2) is 7.64. The Morgan fingerprint density at radius 2 is 2.13 bits per heavy atom. The van der Waals surface area contributed by atoms with Crippen molar-refractivity contribution in [1.82, 2.24) is 15.1 Å². The van der Waals surface area contributed by atoms with E-state index in [-0.39, 0.29) is 19.0 Å². The fraction of sp³-hybridized carbons (Fsp3) is 0.267. The number of halogens is 1. The van der Waals surface area contributed by atoms with Gasteiger partial charge >= 0.3 is 5.97 Å². The zero-order valence-corrected chi connectivity index (χ0v) is 13.5. The van der Waals surface area contributed by atoms with Gasteiger partial charge in [0.1, 0.15) is 18.0 Å². The van der Waals surface area contributed by atoms with E-state index in [2.05, 4.69) is 15.2 Å². The molecule has 0 radical (unpaired) electrons. The maximum atomic E-state index is 11.8. The Hall–Kier alpha value is -2.54. The van der Waals surface area contributed by atoms with Crippen LogP contribution in [0.1, 0.15) is 16.1 Å². The first-order valence-corrected chi connectivity index (χ1v) is 7.15. The van der Waals surface area contributed by atoms with Crippen molar-refractivity contribution in [3.8, 4) is 5.75 Å². The van der Waals surface area contributed by atoms with E-state index in [9.17, 15) is 9.59 Å². The first-order chi connectivity index (χ1) is 11.0. The highest BCUT2D eigenvalue weighted by Crippen LogP contribution is 2.25. The number of amides is 1. The number of ether oxygens (including phenoxy) is 2. The number of carbonyl (C=O) groups excluding carboxylic acids is 2. The number of nitrogens with zero attached hydrogens (tertiary/aromatic N) is 2. The van der Waals surface area contributed by atoms with Gasteiger partial charge in [0, 0.05) is 6.20 Å². The van der Waals surface area contributed by atoms with Crippen molar-refractivity contribution in [2.24, 2.45) is 0 Å². The highest BCUT2D eigenvalue weighted by atomic mass is 35.5. The molecule has 1 N–H and O–H groups in total. The Morgan fingerprint density at radius 1 is 1.35 bits per heavy atom. The molecule has 1 amide bonds. The second-order valence-electron chi connectivity index (χ2n) is 4.71. The van der Waals surface area contributed by atoms with Crippen LogP contribution in [0.2, 0.25) is 5.02 Å². The smallest absolute Gasteiger partial charge is 0.325 e. The Morgan fingerprint density at radius 3 is 2.87 bits per heavy atom. The van der Waals surface area contributed by atoms with Gasteiger partial charge in [-0.2, -0.15) is 5.10 Å². The van der Waals surface area contributed by atoms with E-state index in [4.69, 9.17) is 16.3 Å². The number of esters is 1. The summed E-state index contributed by atoms with van der Waals surface area (Å²) in [5.41, 5.74) is 1.19. The van der Waals surface area contributed by atoms with Crippen molar-refractivity contribution in [3.05, 3.63) is 46.7 Å². The van der Waals surface area contributed by atoms with Crippen LogP contribution in [-0.4, -0.2) is 35.3 Å². The third kappa shape index (κ3) is 4.72. The van der Waals surface area contributed by atoms with E-state index in [0.717, 1.165) is 5.56 Å². The molecule has 0 aliphatic rings. The van der Waals surface area contributed by atoms with Gasteiger partial charge in [-0.3, -0.25) is 9.59 Å². The van der Waals surface area contributed by atoms with Gasteiger partial charge in [0.25, 0.3) is 5.91 Å². The Balaban J connectivity index is 1.93. The normalized spacial score (nSPS) is 10.2. The third-order valence-corrected chi connectivity index (χ3v) is 3.25. The maximum absolute atomic E-state index is 11.8. The number of aryl methyl sites for hydroxylation is 1. The van der Waals surface area contributed by atoms with E-state index in [1.807, 2.05) is 19.1 Å². The van der Waals surface area contributed by atoms with Crippen molar-refractivity contribution in [1.29, 1.82) is 0 Å². The minimum atomic E-state index is -0.532. The minimum Gasteiger partial charge on any atom is -0.470 e. The number of rotatable bonds is 6. The summed E-state index contributed by atoms with van der Waals surface area (Å²) in [4.78, 5) is 22.8. The summed E-state index contributed by atoms with van der Waals surface area (Å²) in [6.07, 6.45) is 1.59. The minimum absolute atomic E-state index is 0.105. The maximum Gasteiger partial charge on any atom is 0.325 e. The average Bonchev–Trinajstić information content (AvgIpc) is 3.02. The van der Waals surface area contributed by atoms with Crippen molar-refractivity contribution in [2.45, 2.75) is 13.7 Å². The molecule has 2 rings (SSSR count). The average molecular weight is 338 g/mol. The Bertz CT molecular complexity index is 714. The molecule has 0 spiro atoms. The number of carbonyl (C=O) groups is 2. The number of hydrogen-bond acceptors (Lipinski definition) is 5. The van der Waals surface area contributed by atoms with Gasteiger partial charge in [-0.15, -0.1) is 0 Å². The molecule has 0 saturated carbocycles. The van der Waals surface area contributed by atoms with Crippen LogP contribution >= 0.6 is 11.6 Å². The fourth-order valence-electron chi connectivity index (χ4n) is 1.73. The van der Waals surface area contributed by atoms with Crippen LogP contribution in [0.25, 0.3) is 0 Å². The molecule has 122 valence electrons. The summed E-state index contributed by atoms with van der Waals surface area (Å²) in [7, 11) is 1.25. The van der Waals surface area contributed by atoms with Crippen LogP contribution in [0.4, 0.5) is 0 Å². The van der Waals surface area contributed by atoms with Crippen molar-refractivity contribution in [2.75, 3.05) is 13.7 Å². The van der Waals surface area contributed by atoms with Crippen LogP contribution < -0.4 is 10.1 Å². The molecule has 1 aromatic heterocycles. The zero-order chi connectivity index (χ0) is 16.8. The van der Waals surface area contributed by atoms with Crippen molar-refractivity contribution < 1.29 is 19.1 Å². The topological polar surface area (TPSA) is 82.5 Å². The first kappa shape index (κ1) is 16.8. The molecule has 1 aromatic carbocycles. The summed E-state index contributed by atoms with van der Waals surface area (Å²) < 4.78 is 11.5. The lowest BCUT2D eigenvalue weighted by Crippen LogP contribution is -2.30. The van der Waals surface area contributed by atoms with Crippen molar-refractivity contribution >= 4 is 23.5 Å². The second-order valence-corrected chi connectivity index (χ2v) is 5.11. The largest absolute Gasteiger partial charge is 0.470 e. The standard InChI is InChI=1S/C15H16ClN3O4/c1-10-3-4-11(16)13(7-10)23-9-19-6-5-12(18-19)15(21)17-8-14(20)22-2/h3-7H,8-9H2,1-2H3,(H,17,21). The predicted molar refractivity (Wildman–Crippen MR) is 83.4 cm³/mol. The zero-order valence-electron chi connectivity index (χ0n) is 12.7. The molecule has 7 nitrogen and oxygen atoms in total. The lowest BCUT2D eigenvalue weighted by molar-refractivity contribution is -0.139. The van der Waals surface area contributed by atoms with Gasteiger partial charge in [-0.05, 0) is 30.7 Å². The molecule has 23 heavy (non-hydrogen) atoms. The molecule has 0 aliphatic heterocycles. The van der Waals surface area contributed by atoms with Gasteiger partial charge < -0.3 is 14.8 Å². The molecule has 0 fully saturated rings. The molecule has 8 heteroatoms. The fourth-order valence-corrected chi connectivity index (χ4v) is 1.90. The highest BCUT2D eigenvalue weighted by molar-refractivity contribution is 6.32. The molecular formula is C15H16ClN3O4. The molecule has 2 aromatic rings. The third-order valence-electron chi connectivity index (χ3n) is 2.93. The summed E-state index contributed by atoms with van der Waals surface area (Å²) in [5.74, 6) is -0.461. The van der Waals surface area contributed by atoms with Crippen LogP contribution in [-0.2, 0) is 16.3 Å². The summed E-state index contributed by atoms with van der Waals surface area (Å²) in [6.45, 7) is 1.83. The van der Waals surface area contributed by atoms with Gasteiger partial charge in [-0.1, -0.05) is 17.7 Å². The van der Waals surface area contributed by atoms with Crippen LogP contribution in [0.5, 0.6) is 5.75 Å². The van der Waals surface area contributed by atoms with E-state index in [0.29, 0.717) is 10.8 Å². The lowest BCUT2D eigenvalue weighted by atomic mass is 10.2. The quantitative estimate of drug-likeness (QED) is 0.812. The summed E-state index contributed by atoms with van der Waals surface area (Å²) in [5, 5.41) is 6.97. The molecule has 0 bridgehead atoms. The molecule has 0 unspecified atom stereocenters. The number of hydrogen-bond donors (Lipinski definition) is 1. The van der Waals surface area contributed by atoms with E-state index in [1.54, 1.807) is 12.3 Å². The summed E-state index contributed by atoms with van der Waals surface area (Å²) in [6, 6.07) is 6.97. The number of benzene rings is 1. The molecule has 0 atom stereocenters. The van der Waals surface area contributed by atoms with Gasteiger partial charge in [0.15, 0.2) is 6.73 Å². The van der Waals surface area contributed by atoms with E-state index >= 15 is 0 Å². The first-order valence-electron chi connectivity index (χ1n) is 6.77. The highest BCUT2D eigenvalue weighted by Gasteiger charge is 2.11. The Labute approximate surface area is 138 Å². The number of aromatic nitrogens is 2. The van der Waals surface area contributed by atoms with Gasteiger partial charge in [-0.25, -0.2) is 4.68 Å². The van der Waals surface area contributed by atoms with Crippen molar-refractivity contribution in [3.63, 3.8) is 0 Å². The molecular weight excluding hydrogens is 322 g/mol. The van der Waals surface area contributed by atoms with Crippen LogP contribution in [0.3, 0.4) is 0 Å². The molecule has 0 saturated heterocycles. The summed E-state index contributed by atoms with van der Waals surface area (Å²) >= 11 is 6.04. The lowest BCUT2D eigenvalue weighted by Gasteiger charge is -2.08. The number of methoxy groups -OCH3 is 1. The Kier molecular flexibility index (Phi) is 5.59. The van der Waals surface area contributed by atoms with Gasteiger partial charge in [0.05, 0.1) is 12.1 Å². The van der Waals surface area contributed by atoms with Crippen LogP contribution in [0.15, 0.2) is 30.5 Å². The predicted octanol–water partition coefficient (Wildman–Crippen LogP) is 1.78. The van der Waals surface area contributed by atoms with E-state index < -0.39 is 11.9 Å². The van der Waals surface area contributed by atoms with E-state index in [1.165, 1.54) is 17.9 Å². The molecule has 1 heterocycles. The molecule has 0 aliphatic carbocycles. The monoisotopic (exact) mass is 337 g/mol. The number of nitrogens with one attached hydrogen (secondary N) is 1. The van der Waals surface area contributed by atoms with Crippen LogP contribution in [0, 0.1) is 6.92 Å². The SMILES string of the molecule is COC(=O)CNC(=O)c1ccn(COc2cc(C)ccc2Cl)n1.